The minimum Gasteiger partial charge on any atom is -0.332 e. The zero-order valence-electron chi connectivity index (χ0n) is 11.6. The van der Waals surface area contributed by atoms with E-state index in [-0.39, 0.29) is 0 Å². The van der Waals surface area contributed by atoms with Gasteiger partial charge in [-0.25, -0.2) is 0 Å². The van der Waals surface area contributed by atoms with Crippen molar-refractivity contribution >= 4 is 0 Å². The summed E-state index contributed by atoms with van der Waals surface area (Å²) >= 11 is 0. The molecule has 1 N–H and O–H groups in total. The summed E-state index contributed by atoms with van der Waals surface area (Å²) in [5, 5.41) is 11.1. The Morgan fingerprint density at radius 3 is 2.55 bits per heavy atom. The van der Waals surface area contributed by atoms with E-state index in [0.717, 1.165) is 24.1 Å². The number of benzene rings is 1. The van der Waals surface area contributed by atoms with Crippen molar-refractivity contribution in [3.8, 4) is 23.0 Å². The Kier molecular flexibility index (Phi) is 3.33. The summed E-state index contributed by atoms with van der Waals surface area (Å²) in [4.78, 5) is 4.39. The first-order valence-electron chi connectivity index (χ1n) is 6.77. The van der Waals surface area contributed by atoms with Crippen LogP contribution in [0.5, 0.6) is 0 Å². The molecule has 0 fully saturated rings. The standard InChI is InChI=1S/C15H16N4O/c1-3-10-5-7-11(8-6-10)14-16-15(20-19-14)13-9-12(4-2)17-18-13/h5-9H,3-4H2,1-2H3,(H,17,18). The molecule has 0 saturated heterocycles. The molecule has 20 heavy (non-hydrogen) atoms. The first kappa shape index (κ1) is 12.6. The van der Waals surface area contributed by atoms with E-state index in [2.05, 4.69) is 46.3 Å². The molecule has 0 bridgehead atoms. The van der Waals surface area contributed by atoms with Crippen LogP contribution in [0.1, 0.15) is 25.1 Å². The Labute approximate surface area is 117 Å². The Morgan fingerprint density at radius 2 is 1.90 bits per heavy atom. The number of hydrogen-bond donors (Lipinski definition) is 1. The Balaban J connectivity index is 1.88. The molecule has 102 valence electrons. The van der Waals surface area contributed by atoms with Crippen molar-refractivity contribution < 1.29 is 4.52 Å². The average molecular weight is 268 g/mol. The van der Waals surface area contributed by atoms with Gasteiger partial charge in [-0.3, -0.25) is 5.10 Å². The Morgan fingerprint density at radius 1 is 1.10 bits per heavy atom. The number of aromatic amines is 1. The molecule has 0 atom stereocenters. The topological polar surface area (TPSA) is 67.6 Å². The van der Waals surface area contributed by atoms with Gasteiger partial charge in [0.1, 0.15) is 0 Å². The van der Waals surface area contributed by atoms with Crippen molar-refractivity contribution in [2.24, 2.45) is 0 Å². The van der Waals surface area contributed by atoms with Gasteiger partial charge < -0.3 is 4.52 Å². The molecule has 0 spiro atoms. The quantitative estimate of drug-likeness (QED) is 0.788. The minimum absolute atomic E-state index is 0.440. The lowest BCUT2D eigenvalue weighted by atomic mass is 10.1. The number of nitrogens with zero attached hydrogens (tertiary/aromatic N) is 3. The highest BCUT2D eigenvalue weighted by Gasteiger charge is 2.13. The second kappa shape index (κ2) is 5.28. The minimum atomic E-state index is 0.440. The fraction of sp³-hybridized carbons (Fsp3) is 0.267. The smallest absolute Gasteiger partial charge is 0.278 e. The normalized spacial score (nSPS) is 10.9. The second-order valence-electron chi connectivity index (χ2n) is 4.61. The lowest BCUT2D eigenvalue weighted by Gasteiger charge is -1.97. The Hall–Kier alpha value is -2.43. The van der Waals surface area contributed by atoms with Gasteiger partial charge in [0.25, 0.3) is 5.89 Å². The van der Waals surface area contributed by atoms with Crippen molar-refractivity contribution in [2.45, 2.75) is 26.7 Å². The number of nitrogens with one attached hydrogen (secondary N) is 1. The highest BCUT2D eigenvalue weighted by atomic mass is 16.5. The van der Waals surface area contributed by atoms with Crippen LogP contribution in [0.3, 0.4) is 0 Å². The largest absolute Gasteiger partial charge is 0.332 e. The van der Waals surface area contributed by atoms with Gasteiger partial charge in [0, 0.05) is 11.3 Å². The molecule has 3 rings (SSSR count). The molecule has 0 unspecified atom stereocenters. The van der Waals surface area contributed by atoms with Crippen LogP contribution in [0.25, 0.3) is 23.0 Å². The second-order valence-corrected chi connectivity index (χ2v) is 4.61. The van der Waals surface area contributed by atoms with Crippen molar-refractivity contribution in [2.75, 3.05) is 0 Å². The van der Waals surface area contributed by atoms with E-state index in [1.165, 1.54) is 5.56 Å². The van der Waals surface area contributed by atoms with E-state index in [1.54, 1.807) is 0 Å². The summed E-state index contributed by atoms with van der Waals surface area (Å²) < 4.78 is 5.28. The summed E-state index contributed by atoms with van der Waals surface area (Å²) in [5.74, 6) is 1.03. The molecule has 0 amide bonds. The fourth-order valence-corrected chi connectivity index (χ4v) is 1.99. The fourth-order valence-electron chi connectivity index (χ4n) is 1.99. The van der Waals surface area contributed by atoms with Crippen LogP contribution in [0.4, 0.5) is 0 Å². The van der Waals surface area contributed by atoms with E-state index < -0.39 is 0 Å². The van der Waals surface area contributed by atoms with Gasteiger partial charge in [-0.15, -0.1) is 0 Å². The predicted molar refractivity (Wildman–Crippen MR) is 76.1 cm³/mol. The van der Waals surface area contributed by atoms with Crippen molar-refractivity contribution in [1.29, 1.82) is 0 Å². The summed E-state index contributed by atoms with van der Waals surface area (Å²) in [6, 6.07) is 10.1. The van der Waals surface area contributed by atoms with Crippen LogP contribution in [0.15, 0.2) is 34.9 Å². The maximum Gasteiger partial charge on any atom is 0.278 e. The maximum atomic E-state index is 5.28. The first-order chi connectivity index (χ1) is 9.80. The van der Waals surface area contributed by atoms with E-state index in [4.69, 9.17) is 4.52 Å². The predicted octanol–water partition coefficient (Wildman–Crippen LogP) is 3.25. The lowest BCUT2D eigenvalue weighted by Crippen LogP contribution is -1.83. The van der Waals surface area contributed by atoms with E-state index in [0.29, 0.717) is 17.4 Å². The number of hydrogen-bond acceptors (Lipinski definition) is 4. The van der Waals surface area contributed by atoms with E-state index >= 15 is 0 Å². The van der Waals surface area contributed by atoms with Crippen LogP contribution >= 0.6 is 0 Å². The van der Waals surface area contributed by atoms with Gasteiger partial charge in [-0.05, 0) is 24.5 Å². The molecular weight excluding hydrogens is 252 g/mol. The van der Waals surface area contributed by atoms with Crippen molar-refractivity contribution in [3.63, 3.8) is 0 Å². The SMILES string of the molecule is CCc1ccc(-c2noc(-c3cc(CC)[nH]n3)n2)cc1. The molecule has 5 nitrogen and oxygen atoms in total. The van der Waals surface area contributed by atoms with Crippen LogP contribution in [0, 0.1) is 0 Å². The van der Waals surface area contributed by atoms with Gasteiger partial charge in [0.15, 0.2) is 5.69 Å². The highest BCUT2D eigenvalue weighted by molar-refractivity contribution is 5.58. The highest BCUT2D eigenvalue weighted by Crippen LogP contribution is 2.21. The molecule has 2 aromatic heterocycles. The zero-order chi connectivity index (χ0) is 13.9. The van der Waals surface area contributed by atoms with Crippen LogP contribution in [-0.2, 0) is 12.8 Å². The molecule has 0 aliphatic heterocycles. The lowest BCUT2D eigenvalue weighted by molar-refractivity contribution is 0.431. The molecule has 1 aromatic carbocycles. The van der Waals surface area contributed by atoms with Gasteiger partial charge in [-0.2, -0.15) is 10.1 Å². The van der Waals surface area contributed by atoms with Gasteiger partial charge in [0.05, 0.1) is 0 Å². The molecular formula is C15H16N4O. The monoisotopic (exact) mass is 268 g/mol. The number of H-pyrrole nitrogens is 1. The third-order valence-corrected chi connectivity index (χ3v) is 3.28. The number of aryl methyl sites for hydroxylation is 2. The van der Waals surface area contributed by atoms with Gasteiger partial charge >= 0.3 is 0 Å². The third kappa shape index (κ3) is 2.34. The number of rotatable bonds is 4. The number of aromatic nitrogens is 4. The summed E-state index contributed by atoms with van der Waals surface area (Å²) in [6.45, 7) is 4.19. The Bertz CT molecular complexity index is 697. The summed E-state index contributed by atoms with van der Waals surface area (Å²) in [6.07, 6.45) is 1.91. The van der Waals surface area contributed by atoms with Gasteiger partial charge in [-0.1, -0.05) is 43.3 Å². The summed E-state index contributed by atoms with van der Waals surface area (Å²) in [7, 11) is 0. The maximum absolute atomic E-state index is 5.28. The van der Waals surface area contributed by atoms with E-state index in [1.807, 2.05) is 18.2 Å². The van der Waals surface area contributed by atoms with Crippen LogP contribution < -0.4 is 0 Å². The van der Waals surface area contributed by atoms with E-state index in [9.17, 15) is 0 Å². The molecule has 3 aromatic rings. The molecule has 0 saturated carbocycles. The molecule has 0 aliphatic rings. The first-order valence-corrected chi connectivity index (χ1v) is 6.77. The molecule has 5 heteroatoms. The van der Waals surface area contributed by atoms with Crippen LogP contribution in [0.2, 0.25) is 0 Å². The summed E-state index contributed by atoms with van der Waals surface area (Å²) in [5.41, 5.74) is 3.97. The average Bonchev–Trinajstić information content (AvgIpc) is 3.16. The third-order valence-electron chi connectivity index (χ3n) is 3.28. The van der Waals surface area contributed by atoms with Crippen LogP contribution in [-0.4, -0.2) is 20.3 Å². The molecule has 0 aliphatic carbocycles. The van der Waals surface area contributed by atoms with Gasteiger partial charge in [0.2, 0.25) is 5.82 Å². The molecule has 0 radical (unpaired) electrons. The van der Waals surface area contributed by atoms with Crippen molar-refractivity contribution in [1.82, 2.24) is 20.3 Å². The zero-order valence-corrected chi connectivity index (χ0v) is 11.6. The molecule has 2 heterocycles. The van der Waals surface area contributed by atoms with Crippen molar-refractivity contribution in [3.05, 3.63) is 41.6 Å².